The zero-order valence-electron chi connectivity index (χ0n) is 13.5. The highest BCUT2D eigenvalue weighted by Gasteiger charge is 2.30. The summed E-state index contributed by atoms with van der Waals surface area (Å²) in [6.45, 7) is 11.9. The van der Waals surface area contributed by atoms with Crippen molar-refractivity contribution in [3.05, 3.63) is 35.9 Å². The van der Waals surface area contributed by atoms with Crippen molar-refractivity contribution in [2.45, 2.75) is 32.4 Å². The highest BCUT2D eigenvalue weighted by atomic mass is 15.2. The van der Waals surface area contributed by atoms with Crippen LogP contribution in [0.4, 0.5) is 0 Å². The number of hydrogen-bond donors (Lipinski definition) is 1. The van der Waals surface area contributed by atoms with Gasteiger partial charge in [0, 0.05) is 44.8 Å². The zero-order valence-corrected chi connectivity index (χ0v) is 13.5. The molecule has 0 radical (unpaired) electrons. The van der Waals surface area contributed by atoms with Crippen LogP contribution in [0.25, 0.3) is 0 Å². The predicted molar refractivity (Wildman–Crippen MR) is 88.4 cm³/mol. The third-order valence-electron chi connectivity index (χ3n) is 5.08. The molecule has 1 N–H and O–H groups in total. The number of benzene rings is 1. The minimum absolute atomic E-state index is 0.549. The van der Waals surface area contributed by atoms with Crippen molar-refractivity contribution >= 4 is 0 Å². The molecule has 2 aliphatic heterocycles. The van der Waals surface area contributed by atoms with Gasteiger partial charge in [0.05, 0.1) is 0 Å². The Bertz CT molecular complexity index is 431. The fourth-order valence-corrected chi connectivity index (χ4v) is 3.78. The van der Waals surface area contributed by atoms with E-state index in [1.807, 2.05) is 0 Å². The molecule has 0 bridgehead atoms. The van der Waals surface area contributed by atoms with E-state index in [2.05, 4.69) is 59.3 Å². The van der Waals surface area contributed by atoms with Gasteiger partial charge in [-0.25, -0.2) is 0 Å². The number of nitrogens with one attached hydrogen (secondary N) is 1. The Balaban J connectivity index is 1.63. The summed E-state index contributed by atoms with van der Waals surface area (Å²) in [6, 6.07) is 12.2. The van der Waals surface area contributed by atoms with Crippen LogP contribution in [0.5, 0.6) is 0 Å². The van der Waals surface area contributed by atoms with E-state index in [1.54, 1.807) is 0 Å². The molecule has 3 rings (SSSR count). The van der Waals surface area contributed by atoms with Crippen molar-refractivity contribution in [2.75, 3.05) is 39.3 Å². The van der Waals surface area contributed by atoms with Crippen molar-refractivity contribution < 1.29 is 0 Å². The third kappa shape index (κ3) is 3.65. The standard InChI is InChI=1S/C18H29N3/c1-15(2)20-10-8-16(13-20)14-21-11-9-19-12-18(21)17-6-4-3-5-7-17/h3-7,15-16,18-19H,8-14H2,1-2H3. The molecule has 3 nitrogen and oxygen atoms in total. The maximum atomic E-state index is 3.56. The van der Waals surface area contributed by atoms with Gasteiger partial charge in [0.25, 0.3) is 0 Å². The van der Waals surface area contributed by atoms with Gasteiger partial charge in [0.15, 0.2) is 0 Å². The van der Waals surface area contributed by atoms with E-state index in [0.717, 1.165) is 19.0 Å². The second kappa shape index (κ2) is 6.91. The van der Waals surface area contributed by atoms with E-state index in [9.17, 15) is 0 Å². The van der Waals surface area contributed by atoms with E-state index in [1.165, 1.54) is 38.2 Å². The van der Waals surface area contributed by atoms with Crippen LogP contribution < -0.4 is 5.32 Å². The van der Waals surface area contributed by atoms with E-state index in [-0.39, 0.29) is 0 Å². The normalized spacial score (nSPS) is 28.3. The van der Waals surface area contributed by atoms with Crippen LogP contribution in [-0.2, 0) is 0 Å². The Morgan fingerprint density at radius 2 is 2.00 bits per heavy atom. The molecule has 21 heavy (non-hydrogen) atoms. The summed E-state index contributed by atoms with van der Waals surface area (Å²) in [5.41, 5.74) is 1.46. The Morgan fingerprint density at radius 3 is 2.71 bits per heavy atom. The largest absolute Gasteiger partial charge is 0.314 e. The van der Waals surface area contributed by atoms with Crippen molar-refractivity contribution in [3.63, 3.8) is 0 Å². The first-order chi connectivity index (χ1) is 10.2. The van der Waals surface area contributed by atoms with Gasteiger partial charge in [-0.1, -0.05) is 30.3 Å². The number of rotatable bonds is 4. The van der Waals surface area contributed by atoms with Gasteiger partial charge in [-0.15, -0.1) is 0 Å². The summed E-state index contributed by atoms with van der Waals surface area (Å²) in [5, 5.41) is 3.56. The van der Waals surface area contributed by atoms with E-state index in [4.69, 9.17) is 0 Å². The van der Waals surface area contributed by atoms with Gasteiger partial charge in [0.1, 0.15) is 0 Å². The average molecular weight is 287 g/mol. The predicted octanol–water partition coefficient (Wildman–Crippen LogP) is 2.36. The van der Waals surface area contributed by atoms with Crippen molar-refractivity contribution in [3.8, 4) is 0 Å². The summed E-state index contributed by atoms with van der Waals surface area (Å²) in [5.74, 6) is 0.844. The molecule has 2 saturated heterocycles. The fraction of sp³-hybridized carbons (Fsp3) is 0.667. The topological polar surface area (TPSA) is 18.5 Å². The SMILES string of the molecule is CC(C)N1CCC(CN2CCNCC2c2ccccc2)C1. The van der Waals surface area contributed by atoms with E-state index in [0.29, 0.717) is 12.1 Å². The highest BCUT2D eigenvalue weighted by molar-refractivity contribution is 5.20. The van der Waals surface area contributed by atoms with Crippen molar-refractivity contribution in [1.82, 2.24) is 15.1 Å². The second-order valence-electron chi connectivity index (χ2n) is 6.87. The summed E-state index contributed by atoms with van der Waals surface area (Å²) >= 11 is 0. The molecule has 2 fully saturated rings. The summed E-state index contributed by atoms with van der Waals surface area (Å²) < 4.78 is 0. The molecule has 0 spiro atoms. The first-order valence-corrected chi connectivity index (χ1v) is 8.48. The molecule has 0 aromatic heterocycles. The van der Waals surface area contributed by atoms with Crippen molar-refractivity contribution in [1.29, 1.82) is 0 Å². The lowest BCUT2D eigenvalue weighted by Gasteiger charge is -2.38. The molecule has 0 aliphatic carbocycles. The lowest BCUT2D eigenvalue weighted by Crippen LogP contribution is -2.47. The molecule has 2 atom stereocenters. The Kier molecular flexibility index (Phi) is 4.94. The van der Waals surface area contributed by atoms with Crippen LogP contribution in [0.3, 0.4) is 0 Å². The van der Waals surface area contributed by atoms with Crippen LogP contribution in [0.1, 0.15) is 31.9 Å². The van der Waals surface area contributed by atoms with Gasteiger partial charge in [-0.3, -0.25) is 4.90 Å². The summed E-state index contributed by atoms with van der Waals surface area (Å²) in [6.07, 6.45) is 1.36. The molecule has 2 unspecified atom stereocenters. The average Bonchev–Trinajstić information content (AvgIpc) is 2.98. The van der Waals surface area contributed by atoms with Gasteiger partial charge >= 0.3 is 0 Å². The molecule has 3 heteroatoms. The molecular weight excluding hydrogens is 258 g/mol. The van der Waals surface area contributed by atoms with Crippen LogP contribution in [0.2, 0.25) is 0 Å². The molecular formula is C18H29N3. The number of nitrogens with zero attached hydrogens (tertiary/aromatic N) is 2. The maximum absolute atomic E-state index is 3.56. The second-order valence-corrected chi connectivity index (χ2v) is 6.87. The quantitative estimate of drug-likeness (QED) is 0.917. The van der Waals surface area contributed by atoms with Gasteiger partial charge in [0.2, 0.25) is 0 Å². The number of likely N-dealkylation sites (tertiary alicyclic amines) is 1. The van der Waals surface area contributed by atoms with Crippen molar-refractivity contribution in [2.24, 2.45) is 5.92 Å². The number of piperazine rings is 1. The smallest absolute Gasteiger partial charge is 0.0473 e. The minimum atomic E-state index is 0.549. The molecule has 116 valence electrons. The zero-order chi connectivity index (χ0) is 14.7. The maximum Gasteiger partial charge on any atom is 0.0473 e. The Labute approximate surface area is 129 Å². The first-order valence-electron chi connectivity index (χ1n) is 8.48. The lowest BCUT2D eigenvalue weighted by atomic mass is 10.0. The van der Waals surface area contributed by atoms with Gasteiger partial charge in [-0.05, 0) is 38.3 Å². The Hall–Kier alpha value is -0.900. The highest BCUT2D eigenvalue weighted by Crippen LogP contribution is 2.26. The number of hydrogen-bond acceptors (Lipinski definition) is 3. The van der Waals surface area contributed by atoms with Crippen LogP contribution in [-0.4, -0.2) is 55.1 Å². The molecule has 1 aromatic rings. The van der Waals surface area contributed by atoms with E-state index >= 15 is 0 Å². The minimum Gasteiger partial charge on any atom is -0.314 e. The van der Waals surface area contributed by atoms with Gasteiger partial charge in [-0.2, -0.15) is 0 Å². The molecule has 2 aliphatic rings. The van der Waals surface area contributed by atoms with E-state index < -0.39 is 0 Å². The molecule has 2 heterocycles. The third-order valence-corrected chi connectivity index (χ3v) is 5.08. The van der Waals surface area contributed by atoms with Crippen LogP contribution >= 0.6 is 0 Å². The van der Waals surface area contributed by atoms with Crippen LogP contribution in [0, 0.1) is 5.92 Å². The van der Waals surface area contributed by atoms with Crippen LogP contribution in [0.15, 0.2) is 30.3 Å². The van der Waals surface area contributed by atoms with Gasteiger partial charge < -0.3 is 10.2 Å². The first kappa shape index (κ1) is 15.0. The fourth-order valence-electron chi connectivity index (χ4n) is 3.78. The molecule has 1 aromatic carbocycles. The summed E-state index contributed by atoms with van der Waals surface area (Å²) in [4.78, 5) is 5.34. The molecule has 0 amide bonds. The lowest BCUT2D eigenvalue weighted by molar-refractivity contribution is 0.135. The molecule has 0 saturated carbocycles. The Morgan fingerprint density at radius 1 is 1.19 bits per heavy atom. The summed E-state index contributed by atoms with van der Waals surface area (Å²) in [7, 11) is 0. The monoisotopic (exact) mass is 287 g/mol.